The zero-order chi connectivity index (χ0) is 18.9. The van der Waals surface area contributed by atoms with Gasteiger partial charge in [-0.15, -0.1) is 0 Å². The zero-order valence-corrected chi connectivity index (χ0v) is 15.5. The maximum atomic E-state index is 12.0. The molecule has 0 aromatic heterocycles. The van der Waals surface area contributed by atoms with E-state index in [9.17, 15) is 14.4 Å². The van der Waals surface area contributed by atoms with Gasteiger partial charge in [-0.05, 0) is 37.6 Å². The van der Waals surface area contributed by atoms with Crippen molar-refractivity contribution in [2.24, 2.45) is 0 Å². The summed E-state index contributed by atoms with van der Waals surface area (Å²) in [5, 5.41) is 7.83. The third-order valence-corrected chi connectivity index (χ3v) is 4.50. The number of imide groups is 1. The largest absolute Gasteiger partial charge is 0.355 e. The molecule has 7 nitrogen and oxygen atoms in total. The molecule has 0 radical (unpaired) electrons. The van der Waals surface area contributed by atoms with Crippen LogP contribution in [-0.2, 0) is 11.3 Å². The Bertz CT molecular complexity index is 624. The summed E-state index contributed by atoms with van der Waals surface area (Å²) in [6.07, 6.45) is 5.43. The summed E-state index contributed by atoms with van der Waals surface area (Å²) in [4.78, 5) is 37.2. The maximum Gasteiger partial charge on any atom is 0.321 e. The van der Waals surface area contributed by atoms with Gasteiger partial charge in [-0.3, -0.25) is 19.8 Å². The van der Waals surface area contributed by atoms with E-state index >= 15 is 0 Å². The average Bonchev–Trinajstić information content (AvgIpc) is 2.62. The van der Waals surface area contributed by atoms with Crippen LogP contribution in [0.4, 0.5) is 4.79 Å². The first-order valence-electron chi connectivity index (χ1n) is 9.08. The van der Waals surface area contributed by atoms with Crippen LogP contribution < -0.4 is 16.0 Å². The first-order chi connectivity index (χ1) is 12.5. The number of likely N-dealkylation sites (N-methyl/N-ethyl adjacent to an activating group) is 1. The van der Waals surface area contributed by atoms with Crippen LogP contribution in [0.3, 0.4) is 0 Å². The highest BCUT2D eigenvalue weighted by Gasteiger charge is 2.17. The molecule has 1 saturated carbocycles. The minimum absolute atomic E-state index is 0.120. The molecule has 1 aromatic rings. The Kier molecular flexibility index (Phi) is 7.59. The van der Waals surface area contributed by atoms with E-state index < -0.39 is 6.03 Å². The Balaban J connectivity index is 1.74. The predicted octanol–water partition coefficient (Wildman–Crippen LogP) is 1.64. The van der Waals surface area contributed by atoms with Crippen LogP contribution in [0.5, 0.6) is 0 Å². The van der Waals surface area contributed by atoms with E-state index in [-0.39, 0.29) is 24.4 Å². The molecule has 4 amide bonds. The van der Waals surface area contributed by atoms with Crippen molar-refractivity contribution < 1.29 is 14.4 Å². The van der Waals surface area contributed by atoms with Crippen LogP contribution in [0.15, 0.2) is 24.3 Å². The summed E-state index contributed by atoms with van der Waals surface area (Å²) in [5.41, 5.74) is 1.58. The predicted molar refractivity (Wildman–Crippen MR) is 99.7 cm³/mol. The molecule has 0 saturated heterocycles. The smallest absolute Gasteiger partial charge is 0.321 e. The summed E-state index contributed by atoms with van der Waals surface area (Å²) in [7, 11) is 3.40. The number of nitrogens with one attached hydrogen (secondary N) is 3. The Morgan fingerprint density at radius 2 is 1.73 bits per heavy atom. The van der Waals surface area contributed by atoms with Crippen molar-refractivity contribution in [3.05, 3.63) is 35.4 Å². The number of hydrogen-bond donors (Lipinski definition) is 3. The molecule has 0 bridgehead atoms. The number of hydrogen-bond acceptors (Lipinski definition) is 4. The molecule has 1 aliphatic carbocycles. The van der Waals surface area contributed by atoms with Crippen LogP contribution in [0.2, 0.25) is 0 Å². The van der Waals surface area contributed by atoms with Crippen molar-refractivity contribution in [3.8, 4) is 0 Å². The van der Waals surface area contributed by atoms with E-state index in [1.807, 2.05) is 24.1 Å². The zero-order valence-electron chi connectivity index (χ0n) is 15.5. The maximum absolute atomic E-state index is 12.0. The third kappa shape index (κ3) is 6.48. The van der Waals surface area contributed by atoms with Gasteiger partial charge in [-0.25, -0.2) is 4.79 Å². The molecule has 2 rings (SSSR count). The lowest BCUT2D eigenvalue weighted by Crippen LogP contribution is -2.47. The standard InChI is InChI=1S/C19H28N4O3/c1-20-18(25)15-10-8-14(9-11-15)12-23(2)13-17(24)22-19(26)21-16-6-4-3-5-7-16/h8-11,16H,3-7,12-13H2,1-2H3,(H,20,25)(H2,21,22,24,26). The number of benzene rings is 1. The molecule has 0 atom stereocenters. The number of amides is 4. The van der Waals surface area contributed by atoms with Crippen molar-refractivity contribution in [3.63, 3.8) is 0 Å². The van der Waals surface area contributed by atoms with Gasteiger partial charge in [0.25, 0.3) is 5.91 Å². The van der Waals surface area contributed by atoms with Gasteiger partial charge in [0.15, 0.2) is 0 Å². The molecule has 26 heavy (non-hydrogen) atoms. The van der Waals surface area contributed by atoms with Gasteiger partial charge in [0.2, 0.25) is 5.91 Å². The Morgan fingerprint density at radius 1 is 1.08 bits per heavy atom. The van der Waals surface area contributed by atoms with Crippen LogP contribution in [-0.4, -0.2) is 49.4 Å². The second-order valence-electron chi connectivity index (χ2n) is 6.80. The SMILES string of the molecule is CNC(=O)c1ccc(CN(C)CC(=O)NC(=O)NC2CCCCC2)cc1. The summed E-state index contributed by atoms with van der Waals surface area (Å²) in [5.74, 6) is -0.462. The molecule has 1 aliphatic rings. The van der Waals surface area contributed by atoms with Crippen LogP contribution >= 0.6 is 0 Å². The number of carbonyl (C=O) groups excluding carboxylic acids is 3. The molecular formula is C19H28N4O3. The molecule has 1 aromatic carbocycles. The number of urea groups is 1. The van der Waals surface area contributed by atoms with E-state index in [1.165, 1.54) is 6.42 Å². The fraction of sp³-hybridized carbons (Fsp3) is 0.526. The number of nitrogens with zero attached hydrogens (tertiary/aromatic N) is 1. The second kappa shape index (κ2) is 9.91. The quantitative estimate of drug-likeness (QED) is 0.719. The fourth-order valence-corrected chi connectivity index (χ4v) is 3.15. The minimum Gasteiger partial charge on any atom is -0.355 e. The van der Waals surface area contributed by atoms with E-state index in [2.05, 4.69) is 16.0 Å². The third-order valence-electron chi connectivity index (χ3n) is 4.50. The molecule has 0 heterocycles. The number of carbonyl (C=O) groups is 3. The van der Waals surface area contributed by atoms with Crippen molar-refractivity contribution in [1.82, 2.24) is 20.9 Å². The molecule has 3 N–H and O–H groups in total. The minimum atomic E-state index is -0.412. The van der Waals surface area contributed by atoms with Gasteiger partial charge in [-0.1, -0.05) is 31.4 Å². The molecular weight excluding hydrogens is 332 g/mol. The monoisotopic (exact) mass is 360 g/mol. The fourth-order valence-electron chi connectivity index (χ4n) is 3.15. The Hall–Kier alpha value is -2.41. The highest BCUT2D eigenvalue weighted by atomic mass is 16.2. The molecule has 0 aliphatic heterocycles. The van der Waals surface area contributed by atoms with E-state index in [0.717, 1.165) is 31.2 Å². The van der Waals surface area contributed by atoms with Gasteiger partial charge in [0.1, 0.15) is 0 Å². The lowest BCUT2D eigenvalue weighted by Gasteiger charge is -2.23. The molecule has 0 unspecified atom stereocenters. The van der Waals surface area contributed by atoms with Gasteiger partial charge in [0.05, 0.1) is 6.54 Å². The van der Waals surface area contributed by atoms with Crippen molar-refractivity contribution in [1.29, 1.82) is 0 Å². The van der Waals surface area contributed by atoms with Crippen LogP contribution in [0, 0.1) is 0 Å². The first kappa shape index (κ1) is 19.9. The summed E-state index contributed by atoms with van der Waals surface area (Å²) >= 11 is 0. The van der Waals surface area contributed by atoms with Gasteiger partial charge < -0.3 is 10.6 Å². The molecule has 1 fully saturated rings. The normalized spacial score (nSPS) is 14.7. The van der Waals surface area contributed by atoms with Crippen molar-refractivity contribution >= 4 is 17.8 Å². The van der Waals surface area contributed by atoms with E-state index in [0.29, 0.717) is 12.1 Å². The molecule has 7 heteroatoms. The van der Waals surface area contributed by atoms with Crippen molar-refractivity contribution in [2.45, 2.75) is 44.7 Å². The van der Waals surface area contributed by atoms with Crippen LogP contribution in [0.25, 0.3) is 0 Å². The van der Waals surface area contributed by atoms with E-state index in [1.54, 1.807) is 19.2 Å². The average molecular weight is 360 g/mol. The van der Waals surface area contributed by atoms with Gasteiger partial charge in [-0.2, -0.15) is 0 Å². The van der Waals surface area contributed by atoms with Crippen molar-refractivity contribution in [2.75, 3.05) is 20.6 Å². The number of rotatable bonds is 6. The van der Waals surface area contributed by atoms with E-state index in [4.69, 9.17) is 0 Å². The summed E-state index contributed by atoms with van der Waals surface area (Å²) in [6.45, 7) is 0.668. The summed E-state index contributed by atoms with van der Waals surface area (Å²) in [6, 6.07) is 6.97. The van der Waals surface area contributed by atoms with Gasteiger partial charge >= 0.3 is 6.03 Å². The second-order valence-corrected chi connectivity index (χ2v) is 6.80. The van der Waals surface area contributed by atoms with Crippen LogP contribution in [0.1, 0.15) is 48.0 Å². The molecule has 0 spiro atoms. The summed E-state index contributed by atoms with van der Waals surface area (Å²) < 4.78 is 0. The van der Waals surface area contributed by atoms with Gasteiger partial charge in [0, 0.05) is 25.2 Å². The topological polar surface area (TPSA) is 90.5 Å². The first-order valence-corrected chi connectivity index (χ1v) is 9.08. The lowest BCUT2D eigenvalue weighted by molar-refractivity contribution is -0.121. The Labute approximate surface area is 154 Å². The highest BCUT2D eigenvalue weighted by Crippen LogP contribution is 2.17. The Morgan fingerprint density at radius 3 is 2.35 bits per heavy atom. The lowest BCUT2D eigenvalue weighted by atomic mass is 9.96. The highest BCUT2D eigenvalue weighted by molar-refractivity contribution is 5.95. The molecule has 142 valence electrons.